The van der Waals surface area contributed by atoms with E-state index in [1.54, 1.807) is 0 Å². The molecule has 7 nitrogen and oxygen atoms in total. The Morgan fingerprint density at radius 2 is 1.62 bits per heavy atom. The number of nitrogens with one attached hydrogen (secondary N) is 1. The molecule has 5 rings (SSSR count). The van der Waals surface area contributed by atoms with Gasteiger partial charge < -0.3 is 10.2 Å². The van der Waals surface area contributed by atoms with Crippen molar-refractivity contribution in [3.05, 3.63) is 100 Å². The molecule has 0 spiro atoms. The molecule has 218 valence electrons. The van der Waals surface area contributed by atoms with Crippen LogP contribution >= 0.6 is 11.6 Å². The summed E-state index contributed by atoms with van der Waals surface area (Å²) >= 11 is 6.31. The lowest BCUT2D eigenvalue weighted by molar-refractivity contribution is -0.138. The lowest BCUT2D eigenvalue weighted by Gasteiger charge is -2.39. The number of halogens is 7. The van der Waals surface area contributed by atoms with Gasteiger partial charge >= 0.3 is 12.4 Å². The smallest absolute Gasteiger partial charge is 0.347 e. The van der Waals surface area contributed by atoms with Crippen LogP contribution in [0.4, 0.5) is 26.3 Å². The lowest BCUT2D eigenvalue weighted by atomic mass is 9.85. The molecule has 1 aliphatic rings. The maximum absolute atomic E-state index is 13.5. The first-order valence-electron chi connectivity index (χ1n) is 12.5. The fraction of sp³-hybridized carbons (Fsp3) is 0.250. The minimum Gasteiger partial charge on any atom is -0.347 e. The topological polar surface area (TPSA) is 88.1 Å². The van der Waals surface area contributed by atoms with E-state index < -0.39 is 52.9 Å². The molecule has 0 bridgehead atoms. The van der Waals surface area contributed by atoms with Crippen molar-refractivity contribution in [3.63, 3.8) is 0 Å². The average molecular weight is 608 g/mol. The molecule has 14 heteroatoms. The van der Waals surface area contributed by atoms with Crippen molar-refractivity contribution in [2.75, 3.05) is 13.1 Å². The number of amides is 2. The molecule has 0 saturated carbocycles. The number of hydrogen-bond acceptors (Lipinski definition) is 5. The normalized spacial score (nSPS) is 17.7. The molecule has 0 radical (unpaired) electrons. The van der Waals surface area contributed by atoms with Crippen LogP contribution in [0, 0.1) is 0 Å². The van der Waals surface area contributed by atoms with Crippen LogP contribution in [0.25, 0.3) is 11.0 Å². The lowest BCUT2D eigenvalue weighted by Crippen LogP contribution is -2.51. The average Bonchev–Trinajstić information content (AvgIpc) is 2.96. The summed E-state index contributed by atoms with van der Waals surface area (Å²) in [4.78, 5) is 39.9. The fourth-order valence-corrected chi connectivity index (χ4v) is 5.22. The molecule has 1 N–H and O–H groups in total. The van der Waals surface area contributed by atoms with Gasteiger partial charge in [0.25, 0.3) is 11.8 Å². The van der Waals surface area contributed by atoms with Gasteiger partial charge in [-0.15, -0.1) is 0 Å². The van der Waals surface area contributed by atoms with Crippen molar-refractivity contribution in [2.24, 2.45) is 0 Å². The van der Waals surface area contributed by atoms with Crippen molar-refractivity contribution in [3.8, 4) is 0 Å². The largest absolute Gasteiger partial charge is 0.418 e. The number of rotatable bonds is 4. The zero-order valence-corrected chi connectivity index (χ0v) is 22.1. The highest BCUT2D eigenvalue weighted by atomic mass is 35.5. The zero-order chi connectivity index (χ0) is 30.2. The van der Waals surface area contributed by atoms with Gasteiger partial charge in [0.1, 0.15) is 11.2 Å². The van der Waals surface area contributed by atoms with Crippen LogP contribution in [0.5, 0.6) is 0 Å². The van der Waals surface area contributed by atoms with Crippen LogP contribution in [0.1, 0.15) is 49.9 Å². The summed E-state index contributed by atoms with van der Waals surface area (Å²) in [6.45, 7) is 0.0327. The van der Waals surface area contributed by atoms with Gasteiger partial charge in [-0.25, -0.2) is 0 Å². The minimum absolute atomic E-state index is 0.0559. The number of carbonyl (C=O) groups excluding carboxylic acids is 2. The number of benzene rings is 2. The van der Waals surface area contributed by atoms with Gasteiger partial charge in [0, 0.05) is 49.2 Å². The first-order valence-corrected chi connectivity index (χ1v) is 12.9. The number of fused-ring (bicyclic) bond motifs is 1. The summed E-state index contributed by atoms with van der Waals surface area (Å²) in [7, 11) is 0. The van der Waals surface area contributed by atoms with E-state index in [0.717, 1.165) is 30.5 Å². The summed E-state index contributed by atoms with van der Waals surface area (Å²) < 4.78 is 80.2. The summed E-state index contributed by atoms with van der Waals surface area (Å²) in [5, 5.41) is 2.77. The van der Waals surface area contributed by atoms with Crippen molar-refractivity contribution in [1.29, 1.82) is 0 Å². The van der Waals surface area contributed by atoms with Crippen molar-refractivity contribution in [1.82, 2.24) is 25.2 Å². The third kappa shape index (κ3) is 6.01. The molecule has 0 unspecified atom stereocenters. The highest BCUT2D eigenvalue weighted by molar-refractivity contribution is 6.35. The van der Waals surface area contributed by atoms with Gasteiger partial charge in [0.15, 0.2) is 0 Å². The Labute approximate surface area is 239 Å². The van der Waals surface area contributed by atoms with Crippen LogP contribution in [0.2, 0.25) is 5.02 Å². The predicted molar refractivity (Wildman–Crippen MR) is 140 cm³/mol. The third-order valence-electron chi connectivity index (χ3n) is 6.99. The van der Waals surface area contributed by atoms with E-state index >= 15 is 0 Å². The quantitative estimate of drug-likeness (QED) is 0.282. The fourth-order valence-electron chi connectivity index (χ4n) is 4.96. The Morgan fingerprint density at radius 1 is 0.905 bits per heavy atom. The molecule has 2 atom stereocenters. The number of hydrogen-bond donors (Lipinski definition) is 1. The Bertz CT molecular complexity index is 1640. The van der Waals surface area contributed by atoms with Crippen molar-refractivity contribution < 1.29 is 35.9 Å². The van der Waals surface area contributed by atoms with E-state index in [0.29, 0.717) is 16.6 Å². The second-order valence-corrected chi connectivity index (χ2v) is 10.0. The van der Waals surface area contributed by atoms with Crippen LogP contribution in [-0.4, -0.2) is 50.8 Å². The van der Waals surface area contributed by atoms with Crippen LogP contribution in [0.15, 0.2) is 67.1 Å². The van der Waals surface area contributed by atoms with E-state index in [4.69, 9.17) is 11.6 Å². The van der Waals surface area contributed by atoms with E-state index in [2.05, 4.69) is 20.3 Å². The Kier molecular flexibility index (Phi) is 7.80. The van der Waals surface area contributed by atoms with Gasteiger partial charge in [-0.05, 0) is 48.4 Å². The molecule has 1 aliphatic heterocycles. The van der Waals surface area contributed by atoms with Gasteiger partial charge in [-0.1, -0.05) is 23.7 Å². The van der Waals surface area contributed by atoms with Crippen LogP contribution in [-0.2, 0) is 12.4 Å². The molecule has 0 aliphatic carbocycles. The number of aromatic nitrogens is 3. The van der Waals surface area contributed by atoms with E-state index in [9.17, 15) is 35.9 Å². The van der Waals surface area contributed by atoms with Gasteiger partial charge in [-0.2, -0.15) is 26.3 Å². The molecular formula is C28H20ClF6N5O2. The summed E-state index contributed by atoms with van der Waals surface area (Å²) in [6.07, 6.45) is -5.39. The second kappa shape index (κ2) is 11.2. The number of piperidine rings is 1. The van der Waals surface area contributed by atoms with Gasteiger partial charge in [0.05, 0.1) is 21.7 Å². The SMILES string of the molecule is O=C(N[C@@H]1CCN(C(=O)c2cc(Cl)c3nccnc3c2)C[C@H]1c1ccc(C(F)(F)F)cc1)c1ncccc1C(F)(F)F. The number of pyridine rings is 1. The van der Waals surface area contributed by atoms with Crippen LogP contribution in [0.3, 0.4) is 0 Å². The molecule has 1 fully saturated rings. The monoisotopic (exact) mass is 607 g/mol. The maximum atomic E-state index is 13.5. The Morgan fingerprint density at radius 3 is 2.31 bits per heavy atom. The molecule has 2 aromatic carbocycles. The third-order valence-corrected chi connectivity index (χ3v) is 7.27. The summed E-state index contributed by atoms with van der Waals surface area (Å²) in [6, 6.07) is 8.10. The number of nitrogens with zero attached hydrogens (tertiary/aromatic N) is 4. The summed E-state index contributed by atoms with van der Waals surface area (Å²) in [5.41, 5.74) is -1.63. The molecule has 3 heterocycles. The Hall–Kier alpha value is -4.26. The first-order chi connectivity index (χ1) is 19.8. The first kappa shape index (κ1) is 29.2. The number of carbonyl (C=O) groups is 2. The predicted octanol–water partition coefficient (Wildman–Crippen LogP) is 6.14. The zero-order valence-electron chi connectivity index (χ0n) is 21.4. The molecule has 2 aromatic heterocycles. The molecule has 42 heavy (non-hydrogen) atoms. The second-order valence-electron chi connectivity index (χ2n) is 9.63. The molecule has 1 saturated heterocycles. The highest BCUT2D eigenvalue weighted by Crippen LogP contribution is 2.35. The Balaban J connectivity index is 1.45. The molecular weight excluding hydrogens is 588 g/mol. The summed E-state index contributed by atoms with van der Waals surface area (Å²) in [5.74, 6) is -2.30. The molecule has 2 amide bonds. The van der Waals surface area contributed by atoms with E-state index in [-0.39, 0.29) is 30.1 Å². The van der Waals surface area contributed by atoms with E-state index in [1.165, 1.54) is 41.6 Å². The maximum Gasteiger partial charge on any atom is 0.418 e. The van der Waals surface area contributed by atoms with Crippen LogP contribution < -0.4 is 5.32 Å². The number of alkyl halides is 6. The van der Waals surface area contributed by atoms with Gasteiger partial charge in [0.2, 0.25) is 0 Å². The van der Waals surface area contributed by atoms with Gasteiger partial charge in [-0.3, -0.25) is 24.5 Å². The highest BCUT2D eigenvalue weighted by Gasteiger charge is 2.39. The van der Waals surface area contributed by atoms with E-state index in [1.807, 2.05) is 0 Å². The molecule has 4 aromatic rings. The number of likely N-dealkylation sites (tertiary alicyclic amines) is 1. The van der Waals surface area contributed by atoms with Crippen molar-refractivity contribution in [2.45, 2.75) is 30.7 Å². The minimum atomic E-state index is -4.84. The standard InChI is InChI=1S/C28H20ClF6N5O2/c29-20-12-16(13-22-24(20)38-10-9-36-22)26(42)40-11-7-21(18(14-40)15-3-5-17(6-4-15)27(30,31)32)39-25(41)23-19(28(33,34)35)2-1-8-37-23/h1-6,8-10,12-13,18,21H,7,11,14H2,(H,39,41)/t18-,21+/m0/s1. The van der Waals surface area contributed by atoms with Crippen molar-refractivity contribution >= 4 is 34.4 Å².